The second-order valence-electron chi connectivity index (χ2n) is 2.92. The number of aromatic nitrogens is 2. The minimum atomic E-state index is 0. The first-order valence-electron chi connectivity index (χ1n) is 4.07. The van der Waals surface area contributed by atoms with Gasteiger partial charge in [-0.3, -0.25) is 0 Å². The molecular formula is C9H12BrCl2N3. The smallest absolute Gasteiger partial charge is 0.137 e. The zero-order valence-electron chi connectivity index (χ0n) is 8.08. The van der Waals surface area contributed by atoms with Crippen molar-refractivity contribution in [2.45, 2.75) is 6.54 Å². The van der Waals surface area contributed by atoms with Crippen LogP contribution in [0.1, 0.15) is 5.69 Å². The third-order valence-corrected chi connectivity index (χ3v) is 2.29. The van der Waals surface area contributed by atoms with Crippen molar-refractivity contribution in [1.29, 1.82) is 0 Å². The van der Waals surface area contributed by atoms with Gasteiger partial charge in [-0.1, -0.05) is 0 Å². The standard InChI is InChI=1S/C9H10BrN3.2ClH/c1-11-5-8-3-6-2-7(10)4-12-9(6)13-8;;/h2-4,11H,5H2,1H3,(H,12,13);2*1H. The molecule has 15 heavy (non-hydrogen) atoms. The maximum absolute atomic E-state index is 4.25. The van der Waals surface area contributed by atoms with E-state index in [1.54, 1.807) is 6.20 Å². The Hall–Kier alpha value is -0.290. The molecule has 2 rings (SSSR count). The number of halogens is 3. The highest BCUT2D eigenvalue weighted by Crippen LogP contribution is 2.17. The number of H-pyrrole nitrogens is 1. The zero-order chi connectivity index (χ0) is 9.26. The van der Waals surface area contributed by atoms with Crippen molar-refractivity contribution in [3.63, 3.8) is 0 Å². The SMILES string of the molecule is CNCc1cc2cc(Br)cnc2[nH]1.Cl.Cl. The van der Waals surface area contributed by atoms with Crippen LogP contribution < -0.4 is 5.32 Å². The van der Waals surface area contributed by atoms with Crippen LogP contribution in [-0.4, -0.2) is 17.0 Å². The fourth-order valence-electron chi connectivity index (χ4n) is 1.33. The van der Waals surface area contributed by atoms with Crippen LogP contribution in [-0.2, 0) is 6.54 Å². The van der Waals surface area contributed by atoms with Gasteiger partial charge in [-0.15, -0.1) is 24.8 Å². The first-order valence-corrected chi connectivity index (χ1v) is 4.86. The van der Waals surface area contributed by atoms with E-state index in [1.165, 1.54) is 0 Å². The Bertz CT molecular complexity index is 430. The minimum absolute atomic E-state index is 0. The summed E-state index contributed by atoms with van der Waals surface area (Å²) >= 11 is 3.39. The molecule has 0 aliphatic rings. The first kappa shape index (κ1) is 14.7. The number of pyridine rings is 1. The summed E-state index contributed by atoms with van der Waals surface area (Å²) in [5.41, 5.74) is 2.09. The fraction of sp³-hybridized carbons (Fsp3) is 0.222. The van der Waals surface area contributed by atoms with Crippen molar-refractivity contribution >= 4 is 51.8 Å². The third-order valence-electron chi connectivity index (χ3n) is 1.86. The Morgan fingerprint density at radius 3 is 2.80 bits per heavy atom. The summed E-state index contributed by atoms with van der Waals surface area (Å²) < 4.78 is 1.01. The molecule has 0 fully saturated rings. The largest absolute Gasteiger partial charge is 0.342 e. The lowest BCUT2D eigenvalue weighted by atomic mass is 10.3. The topological polar surface area (TPSA) is 40.7 Å². The second kappa shape index (κ2) is 6.33. The van der Waals surface area contributed by atoms with Gasteiger partial charge in [0.05, 0.1) is 0 Å². The van der Waals surface area contributed by atoms with Gasteiger partial charge in [-0.25, -0.2) is 4.98 Å². The van der Waals surface area contributed by atoms with Gasteiger partial charge < -0.3 is 10.3 Å². The summed E-state index contributed by atoms with van der Waals surface area (Å²) in [7, 11) is 1.93. The zero-order valence-corrected chi connectivity index (χ0v) is 11.3. The molecule has 0 saturated carbocycles. The average Bonchev–Trinajstić information content (AvgIpc) is 2.46. The summed E-state index contributed by atoms with van der Waals surface area (Å²) in [6.07, 6.45) is 1.79. The summed E-state index contributed by atoms with van der Waals surface area (Å²) in [6, 6.07) is 4.15. The van der Waals surface area contributed by atoms with Crippen LogP contribution in [0.25, 0.3) is 11.0 Å². The molecule has 0 aliphatic carbocycles. The van der Waals surface area contributed by atoms with Crippen LogP contribution in [0.5, 0.6) is 0 Å². The predicted octanol–water partition coefficient (Wildman–Crippen LogP) is 2.89. The highest BCUT2D eigenvalue weighted by Gasteiger charge is 2.00. The first-order chi connectivity index (χ1) is 6.29. The molecule has 6 heteroatoms. The summed E-state index contributed by atoms with van der Waals surface area (Å²) in [5.74, 6) is 0. The number of aromatic amines is 1. The van der Waals surface area contributed by atoms with Gasteiger partial charge in [0, 0.05) is 28.3 Å². The van der Waals surface area contributed by atoms with E-state index < -0.39 is 0 Å². The molecule has 0 aliphatic heterocycles. The maximum Gasteiger partial charge on any atom is 0.137 e. The lowest BCUT2D eigenvalue weighted by molar-refractivity contribution is 0.799. The summed E-state index contributed by atoms with van der Waals surface area (Å²) in [6.45, 7) is 0.841. The Morgan fingerprint density at radius 1 is 1.40 bits per heavy atom. The quantitative estimate of drug-likeness (QED) is 0.895. The van der Waals surface area contributed by atoms with Gasteiger partial charge in [0.25, 0.3) is 0 Å². The van der Waals surface area contributed by atoms with Crippen molar-refractivity contribution in [3.05, 3.63) is 28.5 Å². The molecule has 2 aromatic rings. The molecule has 0 unspecified atom stereocenters. The van der Waals surface area contributed by atoms with E-state index >= 15 is 0 Å². The lowest BCUT2D eigenvalue weighted by Gasteiger charge is -1.91. The Labute approximate surface area is 109 Å². The number of rotatable bonds is 2. The third kappa shape index (κ3) is 3.34. The van der Waals surface area contributed by atoms with Crippen molar-refractivity contribution < 1.29 is 0 Å². The van der Waals surface area contributed by atoms with Crippen LogP contribution in [0, 0.1) is 0 Å². The molecule has 0 amide bonds. The van der Waals surface area contributed by atoms with Gasteiger partial charge >= 0.3 is 0 Å². The molecule has 2 heterocycles. The average molecular weight is 313 g/mol. The Morgan fingerprint density at radius 2 is 2.13 bits per heavy atom. The molecule has 0 saturated heterocycles. The molecule has 2 aromatic heterocycles. The molecule has 3 nitrogen and oxygen atoms in total. The second-order valence-corrected chi connectivity index (χ2v) is 3.83. The Balaban J connectivity index is 0.000000980. The molecule has 2 N–H and O–H groups in total. The normalized spacial score (nSPS) is 9.47. The van der Waals surface area contributed by atoms with Crippen LogP contribution in [0.4, 0.5) is 0 Å². The maximum atomic E-state index is 4.25. The van der Waals surface area contributed by atoms with E-state index in [0.717, 1.165) is 27.7 Å². The predicted molar refractivity (Wildman–Crippen MR) is 71.1 cm³/mol. The molecule has 84 valence electrons. The van der Waals surface area contributed by atoms with Crippen molar-refractivity contribution in [3.8, 4) is 0 Å². The fourth-order valence-corrected chi connectivity index (χ4v) is 1.68. The van der Waals surface area contributed by atoms with Crippen LogP contribution in [0.3, 0.4) is 0 Å². The van der Waals surface area contributed by atoms with E-state index in [0.29, 0.717) is 0 Å². The number of fused-ring (bicyclic) bond motifs is 1. The van der Waals surface area contributed by atoms with Crippen molar-refractivity contribution in [2.24, 2.45) is 0 Å². The van der Waals surface area contributed by atoms with Crippen molar-refractivity contribution in [1.82, 2.24) is 15.3 Å². The number of hydrogen-bond donors (Lipinski definition) is 2. The molecule has 0 atom stereocenters. The highest BCUT2D eigenvalue weighted by molar-refractivity contribution is 9.10. The number of nitrogens with zero attached hydrogens (tertiary/aromatic N) is 1. The highest BCUT2D eigenvalue weighted by atomic mass is 79.9. The summed E-state index contributed by atoms with van der Waals surface area (Å²) in [5, 5.41) is 4.23. The van der Waals surface area contributed by atoms with Gasteiger partial charge in [0.15, 0.2) is 0 Å². The lowest BCUT2D eigenvalue weighted by Crippen LogP contribution is -2.04. The molecule has 0 spiro atoms. The van der Waals surface area contributed by atoms with Crippen LogP contribution in [0.2, 0.25) is 0 Å². The van der Waals surface area contributed by atoms with Crippen molar-refractivity contribution in [2.75, 3.05) is 7.05 Å². The number of nitrogens with one attached hydrogen (secondary N) is 2. The van der Waals surface area contributed by atoms with E-state index in [2.05, 4.69) is 43.3 Å². The van der Waals surface area contributed by atoms with E-state index in [9.17, 15) is 0 Å². The molecule has 0 radical (unpaired) electrons. The Kier molecular flexibility index (Phi) is 6.20. The van der Waals surface area contributed by atoms with E-state index in [-0.39, 0.29) is 24.8 Å². The minimum Gasteiger partial charge on any atom is -0.342 e. The van der Waals surface area contributed by atoms with E-state index in [1.807, 2.05) is 7.05 Å². The van der Waals surface area contributed by atoms with Gasteiger partial charge in [-0.2, -0.15) is 0 Å². The van der Waals surface area contributed by atoms with Gasteiger partial charge in [0.1, 0.15) is 5.65 Å². The van der Waals surface area contributed by atoms with Gasteiger partial charge in [-0.05, 0) is 35.1 Å². The van der Waals surface area contributed by atoms with E-state index in [4.69, 9.17) is 0 Å². The summed E-state index contributed by atoms with van der Waals surface area (Å²) in [4.78, 5) is 7.48. The molecule has 0 aromatic carbocycles. The van der Waals surface area contributed by atoms with Gasteiger partial charge in [0.2, 0.25) is 0 Å². The van der Waals surface area contributed by atoms with Crippen LogP contribution >= 0.6 is 40.7 Å². The number of hydrogen-bond acceptors (Lipinski definition) is 2. The monoisotopic (exact) mass is 311 g/mol. The molecule has 0 bridgehead atoms. The van der Waals surface area contributed by atoms with Crippen LogP contribution in [0.15, 0.2) is 22.8 Å². The molecular weight excluding hydrogens is 301 g/mol.